The zero-order valence-electron chi connectivity index (χ0n) is 17.6. The second kappa shape index (κ2) is 18.6. The lowest BCUT2D eigenvalue weighted by Gasteiger charge is -2.09. The van der Waals surface area contributed by atoms with Crippen LogP contribution < -0.4 is 0 Å². The summed E-state index contributed by atoms with van der Waals surface area (Å²) < 4.78 is 30.4. The number of alkyl halides is 2. The van der Waals surface area contributed by atoms with Gasteiger partial charge in [-0.1, -0.05) is 96.5 Å². The van der Waals surface area contributed by atoms with E-state index in [0.29, 0.717) is 13.0 Å². The maximum absolute atomic E-state index is 12.7. The van der Waals surface area contributed by atoms with E-state index in [4.69, 9.17) is 4.74 Å². The lowest BCUT2D eigenvalue weighted by molar-refractivity contribution is -0.137. The van der Waals surface area contributed by atoms with Crippen molar-refractivity contribution in [3.63, 3.8) is 0 Å². The minimum Gasteiger partial charge on any atom is -0.463 e. The first-order chi connectivity index (χ1) is 13.0. The SMILES string of the molecule is C=CC(=O)OCCCCCCCCCCCCCCCCCCC(F)(F)[SiH3]. The van der Waals surface area contributed by atoms with E-state index < -0.39 is 5.55 Å². The van der Waals surface area contributed by atoms with E-state index in [1.165, 1.54) is 76.7 Å². The molecule has 0 rings (SSSR count). The monoisotopic (exact) mass is 404 g/mol. The molecule has 0 aromatic rings. The summed E-state index contributed by atoms with van der Waals surface area (Å²) in [6, 6.07) is 0. The molecule has 0 atom stereocenters. The molecule has 0 heterocycles. The molecule has 0 aliphatic heterocycles. The van der Waals surface area contributed by atoms with E-state index >= 15 is 0 Å². The number of ether oxygens (including phenoxy) is 1. The topological polar surface area (TPSA) is 26.3 Å². The second-order valence-corrected chi connectivity index (χ2v) is 9.31. The Morgan fingerprint density at radius 3 is 1.41 bits per heavy atom. The first-order valence-electron chi connectivity index (χ1n) is 11.1. The Morgan fingerprint density at radius 2 is 1.07 bits per heavy atom. The van der Waals surface area contributed by atoms with Gasteiger partial charge in [-0.05, 0) is 12.8 Å². The molecule has 2 nitrogen and oxygen atoms in total. The summed E-state index contributed by atoms with van der Waals surface area (Å²) in [5.41, 5.74) is -2.35. The summed E-state index contributed by atoms with van der Waals surface area (Å²) in [5.74, 6) is -0.324. The van der Waals surface area contributed by atoms with Gasteiger partial charge in [-0.15, -0.1) is 0 Å². The van der Waals surface area contributed by atoms with Gasteiger partial charge in [-0.3, -0.25) is 0 Å². The number of unbranched alkanes of at least 4 members (excludes halogenated alkanes) is 15. The number of rotatable bonds is 20. The highest BCUT2D eigenvalue weighted by Crippen LogP contribution is 2.18. The van der Waals surface area contributed by atoms with Gasteiger partial charge in [-0.2, -0.15) is 0 Å². The van der Waals surface area contributed by atoms with Crippen LogP contribution in [0.2, 0.25) is 0 Å². The van der Waals surface area contributed by atoms with E-state index in [9.17, 15) is 13.6 Å². The van der Waals surface area contributed by atoms with Crippen LogP contribution in [0, 0.1) is 0 Å². The molecule has 0 fully saturated rings. The van der Waals surface area contributed by atoms with Gasteiger partial charge < -0.3 is 4.74 Å². The molecule has 0 aliphatic carbocycles. The summed E-state index contributed by atoms with van der Waals surface area (Å²) in [6.07, 6.45) is 20.4. The van der Waals surface area contributed by atoms with Crippen molar-refractivity contribution < 1.29 is 18.3 Å². The quantitative estimate of drug-likeness (QED) is 0.103. The minimum atomic E-state index is -2.35. The molecule has 0 spiro atoms. The van der Waals surface area contributed by atoms with Crippen molar-refractivity contribution in [3.05, 3.63) is 12.7 Å². The molecule has 0 aliphatic rings. The van der Waals surface area contributed by atoms with E-state index in [0.717, 1.165) is 25.7 Å². The molecular formula is C22H42F2O2Si. The lowest BCUT2D eigenvalue weighted by Crippen LogP contribution is -2.14. The van der Waals surface area contributed by atoms with Gasteiger partial charge in [0.1, 0.15) is 0 Å². The number of carbonyl (C=O) groups excluding carboxylic acids is 1. The Balaban J connectivity index is 3.07. The van der Waals surface area contributed by atoms with Crippen molar-refractivity contribution >= 4 is 16.2 Å². The summed E-state index contributed by atoms with van der Waals surface area (Å²) in [5, 5.41) is 0. The summed E-state index contributed by atoms with van der Waals surface area (Å²) in [4.78, 5) is 10.9. The third-order valence-electron chi connectivity index (χ3n) is 4.92. The van der Waals surface area contributed by atoms with Crippen LogP contribution in [0.15, 0.2) is 12.7 Å². The average Bonchev–Trinajstić information content (AvgIpc) is 2.62. The van der Waals surface area contributed by atoms with E-state index in [1.54, 1.807) is 0 Å². The lowest BCUT2D eigenvalue weighted by atomic mass is 10.0. The molecule has 0 bridgehead atoms. The fourth-order valence-corrected chi connectivity index (χ4v) is 3.60. The van der Waals surface area contributed by atoms with Crippen molar-refractivity contribution in [3.8, 4) is 0 Å². The van der Waals surface area contributed by atoms with Crippen LogP contribution in [-0.2, 0) is 9.53 Å². The molecular weight excluding hydrogens is 362 g/mol. The van der Waals surface area contributed by atoms with Crippen LogP contribution in [-0.4, -0.2) is 28.4 Å². The third kappa shape index (κ3) is 23.2. The van der Waals surface area contributed by atoms with Gasteiger partial charge in [0.25, 0.3) is 0 Å². The van der Waals surface area contributed by atoms with Gasteiger partial charge in [0.2, 0.25) is 5.55 Å². The zero-order valence-corrected chi connectivity index (χ0v) is 19.6. The standard InChI is InChI=1S/C22H42F2O2Si/c1-2-21(25)26-20-18-16-14-12-10-8-6-4-3-5-7-9-11-13-15-17-19-22(23,24)27/h2H,1,3-20H2,27H3. The van der Waals surface area contributed by atoms with Crippen LogP contribution in [0.4, 0.5) is 8.78 Å². The number of halogens is 2. The molecule has 0 unspecified atom stereocenters. The van der Waals surface area contributed by atoms with Gasteiger partial charge >= 0.3 is 5.97 Å². The van der Waals surface area contributed by atoms with E-state index in [2.05, 4.69) is 6.58 Å². The van der Waals surface area contributed by atoms with Crippen LogP contribution in [0.1, 0.15) is 109 Å². The molecule has 5 heteroatoms. The van der Waals surface area contributed by atoms with Crippen molar-refractivity contribution in [2.24, 2.45) is 0 Å². The fraction of sp³-hybridized carbons (Fsp3) is 0.864. The van der Waals surface area contributed by atoms with Crippen molar-refractivity contribution in [2.45, 2.75) is 115 Å². The average molecular weight is 405 g/mol. The first kappa shape index (κ1) is 26.3. The predicted molar refractivity (Wildman–Crippen MR) is 115 cm³/mol. The largest absolute Gasteiger partial charge is 0.463 e. The van der Waals surface area contributed by atoms with Gasteiger partial charge in [0.05, 0.1) is 16.8 Å². The fourth-order valence-electron chi connectivity index (χ4n) is 3.24. The molecule has 0 amide bonds. The van der Waals surface area contributed by atoms with Crippen LogP contribution >= 0.6 is 0 Å². The highest BCUT2D eigenvalue weighted by Gasteiger charge is 2.18. The highest BCUT2D eigenvalue weighted by atomic mass is 28.1. The first-order valence-corrected chi connectivity index (χ1v) is 12.1. The molecule has 0 saturated heterocycles. The molecule has 0 saturated carbocycles. The van der Waals surface area contributed by atoms with Gasteiger partial charge in [0.15, 0.2) is 0 Å². The number of hydrogen-bond donors (Lipinski definition) is 0. The van der Waals surface area contributed by atoms with Gasteiger partial charge in [-0.25, -0.2) is 13.6 Å². The Labute approximate surface area is 168 Å². The summed E-state index contributed by atoms with van der Waals surface area (Å²) in [7, 11) is -0.00234. The molecule has 0 aromatic carbocycles. The molecule has 0 aromatic heterocycles. The summed E-state index contributed by atoms with van der Waals surface area (Å²) in [6.45, 7) is 3.89. The Kier molecular flexibility index (Phi) is 18.1. The Morgan fingerprint density at radius 1 is 0.741 bits per heavy atom. The maximum Gasteiger partial charge on any atom is 0.330 e. The van der Waals surface area contributed by atoms with Crippen LogP contribution in [0.3, 0.4) is 0 Å². The normalized spacial score (nSPS) is 11.6. The minimum absolute atomic E-state index is 0.00234. The number of carbonyl (C=O) groups is 1. The Bertz CT molecular complexity index is 357. The number of esters is 1. The molecule has 0 N–H and O–H groups in total. The van der Waals surface area contributed by atoms with E-state index in [-0.39, 0.29) is 22.6 Å². The number of hydrogen-bond acceptors (Lipinski definition) is 2. The maximum atomic E-state index is 12.7. The molecule has 27 heavy (non-hydrogen) atoms. The van der Waals surface area contributed by atoms with Crippen molar-refractivity contribution in [2.75, 3.05) is 6.61 Å². The second-order valence-electron chi connectivity index (χ2n) is 7.85. The molecule has 0 radical (unpaired) electrons. The third-order valence-corrected chi connectivity index (χ3v) is 5.42. The highest BCUT2D eigenvalue weighted by molar-refractivity contribution is 6.13. The van der Waals surface area contributed by atoms with Crippen molar-refractivity contribution in [1.82, 2.24) is 0 Å². The predicted octanol–water partition coefficient (Wildman–Crippen LogP) is 6.31. The zero-order chi connectivity index (χ0) is 20.2. The summed E-state index contributed by atoms with van der Waals surface area (Å²) >= 11 is 0. The van der Waals surface area contributed by atoms with Gasteiger partial charge in [0, 0.05) is 12.5 Å². The van der Waals surface area contributed by atoms with E-state index in [1.807, 2.05) is 0 Å². The molecule has 160 valence electrons. The Hall–Kier alpha value is -0.713. The van der Waals surface area contributed by atoms with Crippen LogP contribution in [0.25, 0.3) is 0 Å². The smallest absolute Gasteiger partial charge is 0.330 e. The van der Waals surface area contributed by atoms with Crippen LogP contribution in [0.5, 0.6) is 0 Å². The van der Waals surface area contributed by atoms with Crippen molar-refractivity contribution in [1.29, 1.82) is 0 Å².